The fraction of sp³-hybridized carbons (Fsp3) is 0.200. The Hall–Kier alpha value is -3.64. The predicted molar refractivity (Wildman–Crippen MR) is 115 cm³/mol. The standard InChI is InChI=1S/C25H22N2O4/c28-20-14-27(15-20)24(19-11-12-21-22(13-19)31-16-30-21)25(29)26-23(17-7-3-1-4-8-17)18-9-5-2-6-10-18/h1-13,23-24H,14-16H2,(H,26,29). The van der Waals surface area contributed by atoms with E-state index in [9.17, 15) is 9.59 Å². The van der Waals surface area contributed by atoms with Crippen molar-refractivity contribution < 1.29 is 19.1 Å². The molecular formula is C25H22N2O4. The summed E-state index contributed by atoms with van der Waals surface area (Å²) >= 11 is 0. The van der Waals surface area contributed by atoms with Crippen molar-refractivity contribution in [3.05, 3.63) is 95.6 Å². The normalized spacial score (nSPS) is 16.1. The summed E-state index contributed by atoms with van der Waals surface area (Å²) in [6.07, 6.45) is 0. The van der Waals surface area contributed by atoms with Crippen molar-refractivity contribution in [1.82, 2.24) is 10.2 Å². The van der Waals surface area contributed by atoms with Crippen LogP contribution >= 0.6 is 0 Å². The fourth-order valence-electron chi connectivity index (χ4n) is 4.07. The van der Waals surface area contributed by atoms with Gasteiger partial charge in [-0.1, -0.05) is 66.7 Å². The van der Waals surface area contributed by atoms with E-state index in [4.69, 9.17) is 9.47 Å². The van der Waals surface area contributed by atoms with Crippen LogP contribution in [0, 0.1) is 0 Å². The molecule has 0 bridgehead atoms. The van der Waals surface area contributed by atoms with Gasteiger partial charge in [-0.15, -0.1) is 0 Å². The van der Waals surface area contributed by atoms with Gasteiger partial charge in [-0.05, 0) is 28.8 Å². The van der Waals surface area contributed by atoms with Gasteiger partial charge in [0.25, 0.3) is 0 Å². The summed E-state index contributed by atoms with van der Waals surface area (Å²) in [6, 6.07) is 24.3. The van der Waals surface area contributed by atoms with E-state index in [1.165, 1.54) is 0 Å². The van der Waals surface area contributed by atoms with Gasteiger partial charge in [0, 0.05) is 0 Å². The average molecular weight is 414 g/mol. The molecule has 1 amide bonds. The number of ketones is 1. The molecule has 6 heteroatoms. The summed E-state index contributed by atoms with van der Waals surface area (Å²) in [7, 11) is 0. The third kappa shape index (κ3) is 3.90. The van der Waals surface area contributed by atoms with Crippen molar-refractivity contribution in [3.8, 4) is 11.5 Å². The molecule has 0 radical (unpaired) electrons. The molecular weight excluding hydrogens is 392 g/mol. The number of nitrogens with one attached hydrogen (secondary N) is 1. The van der Waals surface area contributed by atoms with Crippen molar-refractivity contribution in [1.29, 1.82) is 0 Å². The number of ether oxygens (including phenoxy) is 2. The molecule has 2 aliphatic rings. The number of hydrogen-bond donors (Lipinski definition) is 1. The third-order valence-electron chi connectivity index (χ3n) is 5.64. The maximum absolute atomic E-state index is 13.6. The minimum atomic E-state index is -0.595. The number of likely N-dealkylation sites (tertiary alicyclic amines) is 1. The van der Waals surface area contributed by atoms with Gasteiger partial charge in [0.1, 0.15) is 6.04 Å². The van der Waals surface area contributed by atoms with Crippen LogP contribution in [0.2, 0.25) is 0 Å². The molecule has 0 aromatic heterocycles. The Morgan fingerprint density at radius 3 is 2.03 bits per heavy atom. The number of carbonyl (C=O) groups excluding carboxylic acids is 2. The second-order valence-corrected chi connectivity index (χ2v) is 7.72. The lowest BCUT2D eigenvalue weighted by atomic mass is 9.96. The van der Waals surface area contributed by atoms with Crippen LogP contribution in [0.3, 0.4) is 0 Å². The smallest absolute Gasteiger partial charge is 0.242 e. The van der Waals surface area contributed by atoms with Gasteiger partial charge in [-0.25, -0.2) is 0 Å². The molecule has 156 valence electrons. The summed E-state index contributed by atoms with van der Waals surface area (Å²) in [5, 5.41) is 3.22. The summed E-state index contributed by atoms with van der Waals surface area (Å²) < 4.78 is 10.9. The molecule has 1 atom stereocenters. The van der Waals surface area contributed by atoms with Gasteiger partial charge in [0.05, 0.1) is 19.1 Å². The Bertz CT molecular complexity index is 1050. The number of amides is 1. The first kappa shape index (κ1) is 19.3. The van der Waals surface area contributed by atoms with Gasteiger partial charge in [-0.2, -0.15) is 0 Å². The van der Waals surface area contributed by atoms with Crippen molar-refractivity contribution in [3.63, 3.8) is 0 Å². The highest BCUT2D eigenvalue weighted by Gasteiger charge is 2.37. The Kier molecular flexibility index (Phi) is 5.14. The molecule has 0 spiro atoms. The zero-order valence-electron chi connectivity index (χ0n) is 16.9. The molecule has 1 fully saturated rings. The molecule has 0 saturated carbocycles. The molecule has 31 heavy (non-hydrogen) atoms. The first-order valence-electron chi connectivity index (χ1n) is 10.2. The Morgan fingerprint density at radius 1 is 0.806 bits per heavy atom. The van der Waals surface area contributed by atoms with E-state index in [1.807, 2.05) is 83.8 Å². The van der Waals surface area contributed by atoms with E-state index in [-0.39, 0.29) is 37.6 Å². The average Bonchev–Trinajstić information content (AvgIpc) is 3.26. The number of hydrogen-bond acceptors (Lipinski definition) is 5. The van der Waals surface area contributed by atoms with Crippen LogP contribution < -0.4 is 14.8 Å². The number of benzene rings is 3. The topological polar surface area (TPSA) is 67.9 Å². The van der Waals surface area contributed by atoms with Crippen LogP contribution in [0.1, 0.15) is 28.8 Å². The number of Topliss-reactive ketones (excluding diaryl/α,β-unsaturated/α-hetero) is 1. The quantitative estimate of drug-likeness (QED) is 0.671. The number of carbonyl (C=O) groups is 2. The third-order valence-corrected chi connectivity index (χ3v) is 5.64. The van der Waals surface area contributed by atoms with Crippen molar-refractivity contribution in [2.45, 2.75) is 12.1 Å². The molecule has 6 nitrogen and oxygen atoms in total. The van der Waals surface area contributed by atoms with Gasteiger partial charge >= 0.3 is 0 Å². The van der Waals surface area contributed by atoms with Crippen molar-refractivity contribution >= 4 is 11.7 Å². The molecule has 2 heterocycles. The van der Waals surface area contributed by atoms with Gasteiger partial charge in [-0.3, -0.25) is 14.5 Å². The van der Waals surface area contributed by atoms with Gasteiger partial charge in [0.15, 0.2) is 17.3 Å². The van der Waals surface area contributed by atoms with Crippen LogP contribution in [0.15, 0.2) is 78.9 Å². The largest absolute Gasteiger partial charge is 0.454 e. The van der Waals surface area contributed by atoms with Crippen LogP contribution in [-0.4, -0.2) is 36.5 Å². The molecule has 5 rings (SSSR count). The van der Waals surface area contributed by atoms with Crippen molar-refractivity contribution in [2.75, 3.05) is 19.9 Å². The Labute approximate surface area is 180 Å². The first-order valence-corrected chi connectivity index (χ1v) is 10.2. The lowest BCUT2D eigenvalue weighted by Gasteiger charge is -2.37. The van der Waals surface area contributed by atoms with E-state index >= 15 is 0 Å². The highest BCUT2D eigenvalue weighted by Crippen LogP contribution is 2.36. The number of fused-ring (bicyclic) bond motifs is 1. The minimum absolute atomic E-state index is 0.126. The van der Waals surface area contributed by atoms with E-state index < -0.39 is 6.04 Å². The van der Waals surface area contributed by atoms with Crippen LogP contribution in [0.4, 0.5) is 0 Å². The fourth-order valence-corrected chi connectivity index (χ4v) is 4.07. The van der Waals surface area contributed by atoms with Crippen molar-refractivity contribution in [2.24, 2.45) is 0 Å². The molecule has 0 aliphatic carbocycles. The predicted octanol–water partition coefficient (Wildman–Crippen LogP) is 3.25. The highest BCUT2D eigenvalue weighted by atomic mass is 16.7. The molecule has 1 N–H and O–H groups in total. The maximum atomic E-state index is 13.6. The second kappa shape index (κ2) is 8.24. The number of nitrogens with zero attached hydrogens (tertiary/aromatic N) is 1. The molecule has 3 aromatic carbocycles. The summed E-state index contributed by atoms with van der Waals surface area (Å²) in [6.45, 7) is 0.684. The molecule has 1 saturated heterocycles. The van der Waals surface area contributed by atoms with Crippen LogP contribution in [-0.2, 0) is 9.59 Å². The highest BCUT2D eigenvalue weighted by molar-refractivity contribution is 5.92. The van der Waals surface area contributed by atoms with Gasteiger partial charge < -0.3 is 14.8 Å². The minimum Gasteiger partial charge on any atom is -0.454 e. The first-order chi connectivity index (χ1) is 15.2. The SMILES string of the molecule is O=C1CN(C(C(=O)NC(c2ccccc2)c2ccccc2)c2ccc3c(c2)OCO3)C1. The monoisotopic (exact) mass is 414 g/mol. The summed E-state index contributed by atoms with van der Waals surface area (Å²) in [4.78, 5) is 27.2. The zero-order chi connectivity index (χ0) is 21.2. The van der Waals surface area contributed by atoms with Gasteiger partial charge in [0.2, 0.25) is 12.7 Å². The van der Waals surface area contributed by atoms with E-state index in [0.717, 1.165) is 16.7 Å². The molecule has 1 unspecified atom stereocenters. The Balaban J connectivity index is 1.47. The molecule has 2 aliphatic heterocycles. The lowest BCUT2D eigenvalue weighted by molar-refractivity contribution is -0.137. The Morgan fingerprint density at radius 2 is 1.42 bits per heavy atom. The number of rotatable bonds is 6. The lowest BCUT2D eigenvalue weighted by Crippen LogP contribution is -2.53. The zero-order valence-corrected chi connectivity index (χ0v) is 16.9. The van der Waals surface area contributed by atoms with E-state index in [0.29, 0.717) is 11.5 Å². The second-order valence-electron chi connectivity index (χ2n) is 7.72. The van der Waals surface area contributed by atoms with E-state index in [1.54, 1.807) is 0 Å². The van der Waals surface area contributed by atoms with Crippen LogP contribution in [0.5, 0.6) is 11.5 Å². The van der Waals surface area contributed by atoms with Crippen LogP contribution in [0.25, 0.3) is 0 Å². The van der Waals surface area contributed by atoms with E-state index in [2.05, 4.69) is 5.32 Å². The summed E-state index contributed by atoms with van der Waals surface area (Å²) in [5.41, 5.74) is 2.76. The summed E-state index contributed by atoms with van der Waals surface area (Å²) in [5.74, 6) is 1.24. The maximum Gasteiger partial charge on any atom is 0.242 e. The molecule has 3 aromatic rings.